The van der Waals surface area contributed by atoms with Gasteiger partial charge < -0.3 is 15.2 Å². The molecular formula is C14H17N3O2. The van der Waals surface area contributed by atoms with Gasteiger partial charge in [-0.3, -0.25) is 0 Å². The number of nitrogens with zero attached hydrogens (tertiary/aromatic N) is 2. The lowest BCUT2D eigenvalue weighted by Gasteiger charge is -2.06. The Labute approximate surface area is 112 Å². The summed E-state index contributed by atoms with van der Waals surface area (Å²) in [5.74, 6) is 2.91. The van der Waals surface area contributed by atoms with Crippen molar-refractivity contribution < 1.29 is 9.47 Å². The van der Waals surface area contributed by atoms with Crippen LogP contribution in [0.2, 0.25) is 0 Å². The Morgan fingerprint density at radius 2 is 1.63 bits per heavy atom. The SMILES string of the molecule is COc1ccc(Oc2cnc(CCCN)nc2)cc1. The van der Waals surface area contributed by atoms with Crippen molar-refractivity contribution in [2.45, 2.75) is 12.8 Å². The highest BCUT2D eigenvalue weighted by atomic mass is 16.5. The fourth-order valence-corrected chi connectivity index (χ4v) is 1.56. The summed E-state index contributed by atoms with van der Waals surface area (Å²) in [7, 11) is 1.63. The molecule has 0 aliphatic heterocycles. The van der Waals surface area contributed by atoms with Crippen LogP contribution in [0.4, 0.5) is 0 Å². The van der Waals surface area contributed by atoms with Crippen LogP contribution in [0.5, 0.6) is 17.2 Å². The van der Waals surface area contributed by atoms with E-state index in [-0.39, 0.29) is 0 Å². The number of benzene rings is 1. The van der Waals surface area contributed by atoms with Crippen molar-refractivity contribution in [1.29, 1.82) is 0 Å². The van der Waals surface area contributed by atoms with Crippen molar-refractivity contribution in [3.63, 3.8) is 0 Å². The minimum absolute atomic E-state index is 0.613. The van der Waals surface area contributed by atoms with E-state index in [9.17, 15) is 0 Å². The lowest BCUT2D eigenvalue weighted by Crippen LogP contribution is -2.03. The Bertz CT molecular complexity index is 497. The van der Waals surface area contributed by atoms with E-state index in [1.165, 1.54) is 0 Å². The van der Waals surface area contributed by atoms with E-state index in [2.05, 4.69) is 9.97 Å². The number of aryl methyl sites for hydroxylation is 1. The Morgan fingerprint density at radius 1 is 1.00 bits per heavy atom. The zero-order valence-corrected chi connectivity index (χ0v) is 10.9. The van der Waals surface area contributed by atoms with Crippen LogP contribution in [0.25, 0.3) is 0 Å². The molecule has 0 saturated heterocycles. The van der Waals surface area contributed by atoms with Gasteiger partial charge in [-0.15, -0.1) is 0 Å². The highest BCUT2D eigenvalue weighted by Crippen LogP contribution is 2.22. The summed E-state index contributed by atoms with van der Waals surface area (Å²) in [4.78, 5) is 8.46. The normalized spacial score (nSPS) is 10.2. The number of ether oxygens (including phenoxy) is 2. The van der Waals surface area contributed by atoms with Gasteiger partial charge in [0, 0.05) is 6.42 Å². The Morgan fingerprint density at radius 3 is 2.21 bits per heavy atom. The van der Waals surface area contributed by atoms with Gasteiger partial charge in [-0.1, -0.05) is 0 Å². The number of hydrogen-bond acceptors (Lipinski definition) is 5. The molecule has 0 aliphatic carbocycles. The van der Waals surface area contributed by atoms with Gasteiger partial charge in [-0.25, -0.2) is 9.97 Å². The molecule has 2 rings (SSSR count). The van der Waals surface area contributed by atoms with Crippen molar-refractivity contribution >= 4 is 0 Å². The molecular weight excluding hydrogens is 242 g/mol. The zero-order valence-electron chi connectivity index (χ0n) is 10.9. The third-order valence-electron chi connectivity index (χ3n) is 2.58. The van der Waals surface area contributed by atoms with Crippen LogP contribution in [0.3, 0.4) is 0 Å². The number of aromatic nitrogens is 2. The van der Waals surface area contributed by atoms with Gasteiger partial charge in [0.25, 0.3) is 0 Å². The van der Waals surface area contributed by atoms with Crippen LogP contribution in [0.1, 0.15) is 12.2 Å². The molecule has 0 spiro atoms. The second-order valence-electron chi connectivity index (χ2n) is 4.00. The third-order valence-corrected chi connectivity index (χ3v) is 2.58. The van der Waals surface area contributed by atoms with E-state index in [0.717, 1.165) is 30.2 Å². The number of methoxy groups -OCH3 is 1. The van der Waals surface area contributed by atoms with E-state index in [4.69, 9.17) is 15.2 Å². The molecule has 100 valence electrons. The van der Waals surface area contributed by atoms with Gasteiger partial charge in [-0.2, -0.15) is 0 Å². The third kappa shape index (κ3) is 3.93. The predicted octanol–water partition coefficient (Wildman–Crippen LogP) is 2.17. The largest absolute Gasteiger partial charge is 0.497 e. The summed E-state index contributed by atoms with van der Waals surface area (Å²) in [5, 5.41) is 0. The summed E-state index contributed by atoms with van der Waals surface area (Å²) in [6, 6.07) is 7.35. The first-order chi connectivity index (χ1) is 9.31. The summed E-state index contributed by atoms with van der Waals surface area (Å²) in [6.07, 6.45) is 5.02. The van der Waals surface area contributed by atoms with Crippen molar-refractivity contribution in [2.75, 3.05) is 13.7 Å². The molecule has 5 heteroatoms. The molecule has 0 aliphatic rings. The highest BCUT2D eigenvalue weighted by molar-refractivity contribution is 5.33. The van der Waals surface area contributed by atoms with Crippen LogP contribution in [-0.4, -0.2) is 23.6 Å². The molecule has 5 nitrogen and oxygen atoms in total. The molecule has 0 radical (unpaired) electrons. The molecule has 0 unspecified atom stereocenters. The monoisotopic (exact) mass is 259 g/mol. The van der Waals surface area contributed by atoms with E-state index < -0.39 is 0 Å². The molecule has 0 atom stereocenters. The highest BCUT2D eigenvalue weighted by Gasteiger charge is 2.01. The fourth-order valence-electron chi connectivity index (χ4n) is 1.56. The van der Waals surface area contributed by atoms with Gasteiger partial charge in [0.1, 0.15) is 17.3 Å². The molecule has 0 saturated carbocycles. The van der Waals surface area contributed by atoms with Gasteiger partial charge in [-0.05, 0) is 37.2 Å². The molecule has 0 bridgehead atoms. The number of nitrogens with two attached hydrogens (primary N) is 1. The van der Waals surface area contributed by atoms with Crippen LogP contribution in [-0.2, 0) is 6.42 Å². The molecule has 0 fully saturated rings. The van der Waals surface area contributed by atoms with Gasteiger partial charge in [0.2, 0.25) is 0 Å². The van der Waals surface area contributed by atoms with E-state index in [1.807, 2.05) is 24.3 Å². The van der Waals surface area contributed by atoms with Crippen LogP contribution in [0, 0.1) is 0 Å². The first-order valence-electron chi connectivity index (χ1n) is 6.14. The van der Waals surface area contributed by atoms with Gasteiger partial charge in [0.15, 0.2) is 5.75 Å². The maximum Gasteiger partial charge on any atom is 0.164 e. The summed E-state index contributed by atoms with van der Waals surface area (Å²) in [5.41, 5.74) is 5.44. The van der Waals surface area contributed by atoms with Crippen molar-refractivity contribution in [2.24, 2.45) is 5.73 Å². The topological polar surface area (TPSA) is 70.3 Å². The minimum atomic E-state index is 0.613. The molecule has 2 aromatic rings. The molecule has 0 amide bonds. The Kier molecular flexibility index (Phi) is 4.69. The number of rotatable bonds is 6. The quantitative estimate of drug-likeness (QED) is 0.860. The maximum absolute atomic E-state index is 5.63. The van der Waals surface area contributed by atoms with Gasteiger partial charge >= 0.3 is 0 Å². The number of hydrogen-bond donors (Lipinski definition) is 1. The molecule has 2 N–H and O–H groups in total. The van der Waals surface area contributed by atoms with Crippen LogP contribution >= 0.6 is 0 Å². The standard InChI is InChI=1S/C14H17N3O2/c1-18-11-4-6-12(7-5-11)19-13-9-16-14(17-10-13)3-2-8-15/h4-7,9-10H,2-3,8,15H2,1H3. The van der Waals surface area contributed by atoms with E-state index >= 15 is 0 Å². The average molecular weight is 259 g/mol. The van der Waals surface area contributed by atoms with Crippen LogP contribution in [0.15, 0.2) is 36.7 Å². The smallest absolute Gasteiger partial charge is 0.164 e. The minimum Gasteiger partial charge on any atom is -0.497 e. The second kappa shape index (κ2) is 6.70. The maximum atomic E-state index is 5.63. The Balaban J connectivity index is 1.98. The van der Waals surface area contributed by atoms with Gasteiger partial charge in [0.05, 0.1) is 19.5 Å². The Hall–Kier alpha value is -2.14. The summed E-state index contributed by atoms with van der Waals surface area (Å²) in [6.45, 7) is 0.646. The average Bonchev–Trinajstić information content (AvgIpc) is 2.47. The summed E-state index contributed by atoms with van der Waals surface area (Å²) < 4.78 is 10.7. The first-order valence-corrected chi connectivity index (χ1v) is 6.14. The molecule has 1 aromatic heterocycles. The van der Waals surface area contributed by atoms with Crippen molar-refractivity contribution in [1.82, 2.24) is 9.97 Å². The van der Waals surface area contributed by atoms with Crippen molar-refractivity contribution in [3.05, 3.63) is 42.5 Å². The van der Waals surface area contributed by atoms with Crippen molar-refractivity contribution in [3.8, 4) is 17.2 Å². The lowest BCUT2D eigenvalue weighted by atomic mass is 10.3. The van der Waals surface area contributed by atoms with Crippen LogP contribution < -0.4 is 15.2 Å². The lowest BCUT2D eigenvalue weighted by molar-refractivity contribution is 0.412. The van der Waals surface area contributed by atoms with E-state index in [1.54, 1.807) is 19.5 Å². The summed E-state index contributed by atoms with van der Waals surface area (Å²) >= 11 is 0. The molecule has 1 aromatic carbocycles. The first kappa shape index (κ1) is 13.3. The van der Waals surface area contributed by atoms with E-state index in [0.29, 0.717) is 12.3 Å². The molecule has 19 heavy (non-hydrogen) atoms. The zero-order chi connectivity index (χ0) is 13.5. The second-order valence-corrected chi connectivity index (χ2v) is 4.00. The fraction of sp³-hybridized carbons (Fsp3) is 0.286. The predicted molar refractivity (Wildman–Crippen MR) is 72.5 cm³/mol. The molecule has 1 heterocycles.